The van der Waals surface area contributed by atoms with Crippen LogP contribution in [-0.2, 0) is 4.79 Å². The Kier molecular flexibility index (Phi) is 5.15. The van der Waals surface area contributed by atoms with Crippen molar-refractivity contribution in [3.8, 4) is 22.9 Å². The summed E-state index contributed by atoms with van der Waals surface area (Å²) in [4.78, 5) is 11.7. The molecule has 0 radical (unpaired) electrons. The molecule has 27 heavy (non-hydrogen) atoms. The maximum absolute atomic E-state index is 11.7. The third kappa shape index (κ3) is 3.94. The van der Waals surface area contributed by atoms with Gasteiger partial charge in [-0.15, -0.1) is 0 Å². The van der Waals surface area contributed by atoms with Gasteiger partial charge in [0.1, 0.15) is 17.4 Å². The summed E-state index contributed by atoms with van der Waals surface area (Å²) in [6.45, 7) is 0. The molecule has 0 aliphatic carbocycles. The van der Waals surface area contributed by atoms with Gasteiger partial charge in [0.05, 0.1) is 5.69 Å². The summed E-state index contributed by atoms with van der Waals surface area (Å²) in [5.41, 5.74) is 4.41. The zero-order chi connectivity index (χ0) is 19.2. The fraction of sp³-hybridized carbons (Fsp3) is 0. The van der Waals surface area contributed by atoms with E-state index in [1.54, 1.807) is 48.5 Å². The molecule has 0 saturated carbocycles. The molecular formula is C21H15N3O3. The van der Waals surface area contributed by atoms with E-state index < -0.39 is 5.97 Å². The molecule has 0 saturated heterocycles. The van der Waals surface area contributed by atoms with Crippen molar-refractivity contribution in [1.82, 2.24) is 0 Å². The van der Waals surface area contributed by atoms with Crippen LogP contribution >= 0.6 is 0 Å². The van der Waals surface area contributed by atoms with Crippen molar-refractivity contribution < 1.29 is 15.0 Å². The maximum Gasteiger partial charge on any atom is 0.356 e. The van der Waals surface area contributed by atoms with Gasteiger partial charge in [-0.25, -0.2) is 4.79 Å². The van der Waals surface area contributed by atoms with Crippen LogP contribution in [0.5, 0.6) is 5.75 Å². The summed E-state index contributed by atoms with van der Waals surface area (Å²) in [6.07, 6.45) is 0. The predicted molar refractivity (Wildman–Crippen MR) is 102 cm³/mol. The van der Waals surface area contributed by atoms with Crippen LogP contribution in [0.15, 0.2) is 77.9 Å². The molecule has 6 nitrogen and oxygen atoms in total. The van der Waals surface area contributed by atoms with Gasteiger partial charge in [-0.1, -0.05) is 48.5 Å². The molecule has 3 rings (SSSR count). The molecule has 0 atom stereocenters. The van der Waals surface area contributed by atoms with Crippen LogP contribution in [0, 0.1) is 11.3 Å². The fourth-order valence-corrected chi connectivity index (χ4v) is 2.60. The normalized spacial score (nSPS) is 10.9. The summed E-state index contributed by atoms with van der Waals surface area (Å²) in [7, 11) is 0. The van der Waals surface area contributed by atoms with E-state index in [-0.39, 0.29) is 22.6 Å². The fourth-order valence-electron chi connectivity index (χ4n) is 2.60. The summed E-state index contributed by atoms with van der Waals surface area (Å²) in [5, 5.41) is 33.2. The lowest BCUT2D eigenvalue weighted by molar-refractivity contribution is -0.129. The highest BCUT2D eigenvalue weighted by Gasteiger charge is 2.19. The SMILES string of the molecule is N#Cc1c(O)cc(/C(=N\Nc2ccccc2)C(=O)O)cc1-c1ccccc1. The predicted octanol–water partition coefficient (Wildman–Crippen LogP) is 3.83. The minimum absolute atomic E-state index is 0.0747. The van der Waals surface area contributed by atoms with Gasteiger partial charge < -0.3 is 10.2 Å². The molecule has 0 aromatic heterocycles. The van der Waals surface area contributed by atoms with Crippen molar-refractivity contribution in [2.24, 2.45) is 5.10 Å². The van der Waals surface area contributed by atoms with Crippen LogP contribution in [-0.4, -0.2) is 21.9 Å². The topological polar surface area (TPSA) is 106 Å². The number of nitrogens with zero attached hydrogens (tertiary/aromatic N) is 2. The smallest absolute Gasteiger partial charge is 0.356 e. The van der Waals surface area contributed by atoms with E-state index in [4.69, 9.17) is 0 Å². The molecule has 3 N–H and O–H groups in total. The molecule has 0 unspecified atom stereocenters. The number of phenolic OH excluding ortho intramolecular Hbond substituents is 1. The number of hydrogen-bond acceptors (Lipinski definition) is 5. The molecule has 132 valence electrons. The summed E-state index contributed by atoms with van der Waals surface area (Å²) in [5.74, 6) is -1.57. The number of hydrazone groups is 1. The number of carboxylic acids is 1. The molecule has 0 bridgehead atoms. The summed E-state index contributed by atoms with van der Waals surface area (Å²) < 4.78 is 0. The Morgan fingerprint density at radius 2 is 1.63 bits per heavy atom. The lowest BCUT2D eigenvalue weighted by Gasteiger charge is -2.10. The minimum Gasteiger partial charge on any atom is -0.507 e. The number of aliphatic carboxylic acids is 1. The molecule has 0 fully saturated rings. The number of hydrogen-bond donors (Lipinski definition) is 3. The number of para-hydroxylation sites is 1. The van der Waals surface area contributed by atoms with Crippen molar-refractivity contribution in [3.63, 3.8) is 0 Å². The number of rotatable bonds is 5. The Labute approximate surface area is 155 Å². The van der Waals surface area contributed by atoms with Crippen molar-refractivity contribution >= 4 is 17.4 Å². The Morgan fingerprint density at radius 1 is 1.00 bits per heavy atom. The number of nitriles is 1. The molecule has 0 heterocycles. The Hall–Kier alpha value is -4.11. The zero-order valence-electron chi connectivity index (χ0n) is 14.1. The standard InChI is InChI=1S/C21H15N3O3/c22-13-18-17(14-7-3-1-4-8-14)11-15(12-19(18)25)20(21(26)27)24-23-16-9-5-2-6-10-16/h1-12,23,25H,(H,26,27)/b24-20+. The van der Waals surface area contributed by atoms with E-state index in [0.717, 1.165) is 0 Å². The number of anilines is 1. The number of carboxylic acid groups (broad SMARTS) is 1. The lowest BCUT2D eigenvalue weighted by Crippen LogP contribution is -2.16. The monoisotopic (exact) mass is 357 g/mol. The molecule has 3 aromatic rings. The second-order valence-electron chi connectivity index (χ2n) is 5.64. The Balaban J connectivity index is 2.10. The van der Waals surface area contributed by atoms with E-state index in [9.17, 15) is 20.3 Å². The van der Waals surface area contributed by atoms with Crippen molar-refractivity contribution in [2.45, 2.75) is 0 Å². The van der Waals surface area contributed by atoms with Gasteiger partial charge in [-0.05, 0) is 29.8 Å². The highest BCUT2D eigenvalue weighted by molar-refractivity contribution is 6.42. The van der Waals surface area contributed by atoms with Gasteiger partial charge in [0.2, 0.25) is 0 Å². The van der Waals surface area contributed by atoms with Crippen LogP contribution in [0.3, 0.4) is 0 Å². The first-order valence-corrected chi connectivity index (χ1v) is 8.05. The molecule has 0 spiro atoms. The van der Waals surface area contributed by atoms with Crippen LogP contribution < -0.4 is 5.43 Å². The second-order valence-corrected chi connectivity index (χ2v) is 5.64. The number of carbonyl (C=O) groups is 1. The molecule has 0 amide bonds. The maximum atomic E-state index is 11.7. The first-order valence-electron chi connectivity index (χ1n) is 8.05. The number of phenols is 1. The van der Waals surface area contributed by atoms with E-state index >= 15 is 0 Å². The van der Waals surface area contributed by atoms with Crippen LogP contribution in [0.25, 0.3) is 11.1 Å². The minimum atomic E-state index is -1.26. The number of benzene rings is 3. The average Bonchev–Trinajstić information content (AvgIpc) is 2.69. The quantitative estimate of drug-likeness (QED) is 0.475. The third-order valence-electron chi connectivity index (χ3n) is 3.86. The average molecular weight is 357 g/mol. The van der Waals surface area contributed by atoms with Gasteiger partial charge in [-0.2, -0.15) is 10.4 Å². The van der Waals surface area contributed by atoms with Crippen LogP contribution in [0.1, 0.15) is 11.1 Å². The zero-order valence-corrected chi connectivity index (χ0v) is 14.1. The van der Waals surface area contributed by atoms with Crippen molar-refractivity contribution in [1.29, 1.82) is 5.26 Å². The molecular weight excluding hydrogens is 342 g/mol. The van der Waals surface area contributed by atoms with Gasteiger partial charge >= 0.3 is 5.97 Å². The van der Waals surface area contributed by atoms with Gasteiger partial charge in [0, 0.05) is 11.1 Å². The largest absolute Gasteiger partial charge is 0.507 e. The Bertz CT molecular complexity index is 1040. The van der Waals surface area contributed by atoms with E-state index in [1.165, 1.54) is 12.1 Å². The van der Waals surface area contributed by atoms with Crippen LogP contribution in [0.2, 0.25) is 0 Å². The van der Waals surface area contributed by atoms with E-state index in [1.807, 2.05) is 18.2 Å². The first-order chi connectivity index (χ1) is 13.1. The lowest BCUT2D eigenvalue weighted by atomic mass is 9.95. The number of aromatic hydroxyl groups is 1. The first kappa shape index (κ1) is 17.7. The number of nitrogens with one attached hydrogen (secondary N) is 1. The highest BCUT2D eigenvalue weighted by atomic mass is 16.4. The highest BCUT2D eigenvalue weighted by Crippen LogP contribution is 2.31. The van der Waals surface area contributed by atoms with Crippen LogP contribution in [0.4, 0.5) is 5.69 Å². The van der Waals surface area contributed by atoms with Gasteiger partial charge in [-0.3, -0.25) is 5.43 Å². The van der Waals surface area contributed by atoms with E-state index in [2.05, 4.69) is 10.5 Å². The van der Waals surface area contributed by atoms with E-state index in [0.29, 0.717) is 16.8 Å². The molecule has 6 heteroatoms. The Morgan fingerprint density at radius 3 is 2.22 bits per heavy atom. The van der Waals surface area contributed by atoms with Crippen molar-refractivity contribution in [3.05, 3.63) is 83.9 Å². The van der Waals surface area contributed by atoms with Crippen molar-refractivity contribution in [2.75, 3.05) is 5.43 Å². The second kappa shape index (κ2) is 7.85. The molecule has 0 aliphatic rings. The van der Waals surface area contributed by atoms with Gasteiger partial charge in [0.15, 0.2) is 5.71 Å². The van der Waals surface area contributed by atoms with Gasteiger partial charge in [0.25, 0.3) is 0 Å². The summed E-state index contributed by atoms with van der Waals surface area (Å²) >= 11 is 0. The molecule has 0 aliphatic heterocycles. The summed E-state index contributed by atoms with van der Waals surface area (Å²) in [6, 6.07) is 22.6. The molecule has 3 aromatic carbocycles. The third-order valence-corrected chi connectivity index (χ3v) is 3.86.